The van der Waals surface area contributed by atoms with Crippen LogP contribution in [-0.2, 0) is 16.6 Å². The van der Waals surface area contributed by atoms with Crippen LogP contribution in [0.3, 0.4) is 0 Å². The van der Waals surface area contributed by atoms with E-state index in [1.165, 1.54) is 36.4 Å². The van der Waals surface area contributed by atoms with Gasteiger partial charge in [0, 0.05) is 10.0 Å². The van der Waals surface area contributed by atoms with Gasteiger partial charge in [-0.3, -0.25) is 4.31 Å². The number of hydrogen-bond donors (Lipinski definition) is 1. The summed E-state index contributed by atoms with van der Waals surface area (Å²) in [4.78, 5) is 11.7. The average Bonchev–Trinajstić information content (AvgIpc) is 2.68. The van der Waals surface area contributed by atoms with Crippen molar-refractivity contribution in [1.29, 1.82) is 0 Å². The first kappa shape index (κ1) is 20.2. The molecule has 8 heteroatoms. The summed E-state index contributed by atoms with van der Waals surface area (Å²) in [7, 11) is -4.06. The minimum atomic E-state index is -4.06. The number of nitrogens with zero attached hydrogens (tertiary/aromatic N) is 1. The third-order valence-electron chi connectivity index (χ3n) is 4.06. The SMILES string of the molecule is O=C(O)c1ccccc1N(Cc1ccc(Cl)cc1Cl)S(=O)(=O)c1ccccc1. The van der Waals surface area contributed by atoms with Gasteiger partial charge in [-0.05, 0) is 42.0 Å². The highest BCUT2D eigenvalue weighted by atomic mass is 35.5. The third-order valence-corrected chi connectivity index (χ3v) is 6.42. The van der Waals surface area contributed by atoms with Gasteiger partial charge in [-0.2, -0.15) is 0 Å². The van der Waals surface area contributed by atoms with Gasteiger partial charge in [0.05, 0.1) is 22.7 Å². The molecule has 0 saturated carbocycles. The van der Waals surface area contributed by atoms with Crippen molar-refractivity contribution in [3.8, 4) is 0 Å². The zero-order chi connectivity index (χ0) is 20.3. The summed E-state index contributed by atoms with van der Waals surface area (Å²) in [6.45, 7) is -0.155. The van der Waals surface area contributed by atoms with Crippen molar-refractivity contribution in [3.05, 3.63) is 94.0 Å². The number of carboxylic acid groups (broad SMARTS) is 1. The zero-order valence-corrected chi connectivity index (χ0v) is 16.7. The van der Waals surface area contributed by atoms with Gasteiger partial charge < -0.3 is 5.11 Å². The van der Waals surface area contributed by atoms with E-state index < -0.39 is 16.0 Å². The quantitative estimate of drug-likeness (QED) is 0.584. The van der Waals surface area contributed by atoms with Crippen molar-refractivity contribution < 1.29 is 18.3 Å². The minimum absolute atomic E-state index is 0.0419. The number of halogens is 2. The Hall–Kier alpha value is -2.54. The molecule has 0 unspecified atom stereocenters. The van der Waals surface area contributed by atoms with Gasteiger partial charge in [-0.25, -0.2) is 13.2 Å². The highest BCUT2D eigenvalue weighted by molar-refractivity contribution is 7.92. The summed E-state index contributed by atoms with van der Waals surface area (Å²) in [6, 6.07) is 18.5. The van der Waals surface area contributed by atoms with Gasteiger partial charge >= 0.3 is 5.97 Å². The molecule has 0 aliphatic carbocycles. The number of anilines is 1. The number of benzene rings is 3. The lowest BCUT2D eigenvalue weighted by Gasteiger charge is -2.26. The van der Waals surface area contributed by atoms with Crippen LogP contribution >= 0.6 is 23.2 Å². The standard InChI is InChI=1S/C20H15Cl2NO4S/c21-15-11-10-14(18(22)12-15)13-23(19-9-5-4-8-17(19)20(24)25)28(26,27)16-6-2-1-3-7-16/h1-12H,13H2,(H,24,25). The summed E-state index contributed by atoms with van der Waals surface area (Å²) < 4.78 is 27.8. The molecule has 0 saturated heterocycles. The van der Waals surface area contributed by atoms with Gasteiger partial charge in [0.15, 0.2) is 0 Å². The van der Waals surface area contributed by atoms with Crippen LogP contribution in [0.5, 0.6) is 0 Å². The predicted molar refractivity (Wildman–Crippen MR) is 110 cm³/mol. The number of sulfonamides is 1. The second-order valence-corrected chi connectivity index (χ2v) is 8.59. The molecule has 5 nitrogen and oxygen atoms in total. The molecule has 0 amide bonds. The number of para-hydroxylation sites is 1. The van der Waals surface area contributed by atoms with Crippen LogP contribution < -0.4 is 4.31 Å². The van der Waals surface area contributed by atoms with Crippen LogP contribution in [0.2, 0.25) is 10.0 Å². The Morgan fingerprint density at radius 3 is 2.21 bits per heavy atom. The molecule has 3 aromatic rings. The van der Waals surface area contributed by atoms with E-state index in [9.17, 15) is 18.3 Å². The minimum Gasteiger partial charge on any atom is -0.478 e. The Balaban J connectivity index is 2.19. The normalized spacial score (nSPS) is 11.2. The van der Waals surface area contributed by atoms with E-state index in [4.69, 9.17) is 23.2 Å². The van der Waals surface area contributed by atoms with E-state index in [0.29, 0.717) is 10.6 Å². The highest BCUT2D eigenvalue weighted by Crippen LogP contribution is 2.31. The van der Waals surface area contributed by atoms with E-state index in [-0.39, 0.29) is 27.7 Å². The summed E-state index contributed by atoms with van der Waals surface area (Å²) in [6.07, 6.45) is 0. The summed E-state index contributed by atoms with van der Waals surface area (Å²) in [5, 5.41) is 10.2. The smallest absolute Gasteiger partial charge is 0.337 e. The second kappa shape index (κ2) is 8.22. The Labute approximate surface area is 172 Å². The molecule has 0 heterocycles. The first-order chi connectivity index (χ1) is 13.3. The van der Waals surface area contributed by atoms with E-state index >= 15 is 0 Å². The predicted octanol–water partition coefficient (Wildman–Crippen LogP) is 5.09. The van der Waals surface area contributed by atoms with Gasteiger partial charge in [0.25, 0.3) is 10.0 Å². The van der Waals surface area contributed by atoms with Crippen molar-refractivity contribution >= 4 is 44.9 Å². The van der Waals surface area contributed by atoms with Crippen molar-refractivity contribution in [1.82, 2.24) is 0 Å². The molecular formula is C20H15Cl2NO4S. The van der Waals surface area contributed by atoms with Crippen LogP contribution in [0, 0.1) is 0 Å². The number of rotatable bonds is 6. The summed E-state index contributed by atoms with van der Waals surface area (Å²) >= 11 is 12.2. The third kappa shape index (κ3) is 4.14. The zero-order valence-electron chi connectivity index (χ0n) is 14.4. The summed E-state index contributed by atoms with van der Waals surface area (Å²) in [5.74, 6) is -1.23. The van der Waals surface area contributed by atoms with E-state index in [0.717, 1.165) is 4.31 Å². The van der Waals surface area contributed by atoms with Crippen LogP contribution in [0.4, 0.5) is 5.69 Å². The fourth-order valence-corrected chi connectivity index (χ4v) is 4.65. The van der Waals surface area contributed by atoms with Crippen molar-refractivity contribution in [2.24, 2.45) is 0 Å². The average molecular weight is 436 g/mol. The lowest BCUT2D eigenvalue weighted by molar-refractivity contribution is 0.0697. The number of hydrogen-bond acceptors (Lipinski definition) is 3. The highest BCUT2D eigenvalue weighted by Gasteiger charge is 2.29. The Kier molecular flexibility index (Phi) is 5.93. The molecule has 0 bridgehead atoms. The molecular weight excluding hydrogens is 421 g/mol. The molecule has 3 rings (SSSR count). The van der Waals surface area contributed by atoms with Gasteiger partial charge in [-0.15, -0.1) is 0 Å². The molecule has 0 fully saturated rings. The van der Waals surface area contributed by atoms with Crippen LogP contribution in [0.15, 0.2) is 77.7 Å². The molecule has 1 N–H and O–H groups in total. The Morgan fingerprint density at radius 1 is 0.929 bits per heavy atom. The molecule has 0 spiro atoms. The Morgan fingerprint density at radius 2 is 1.57 bits per heavy atom. The molecule has 3 aromatic carbocycles. The largest absolute Gasteiger partial charge is 0.478 e. The van der Waals surface area contributed by atoms with Gasteiger partial charge in [0.1, 0.15) is 0 Å². The monoisotopic (exact) mass is 435 g/mol. The van der Waals surface area contributed by atoms with E-state index in [1.54, 1.807) is 36.4 Å². The Bertz CT molecular complexity index is 1120. The van der Waals surface area contributed by atoms with Crippen LogP contribution in [0.1, 0.15) is 15.9 Å². The topological polar surface area (TPSA) is 74.7 Å². The number of aromatic carboxylic acids is 1. The van der Waals surface area contributed by atoms with E-state index in [1.807, 2.05) is 0 Å². The van der Waals surface area contributed by atoms with E-state index in [2.05, 4.69) is 0 Å². The fourth-order valence-electron chi connectivity index (χ4n) is 2.70. The number of carbonyl (C=O) groups is 1. The second-order valence-electron chi connectivity index (χ2n) is 5.88. The van der Waals surface area contributed by atoms with Crippen molar-refractivity contribution in [2.45, 2.75) is 11.4 Å². The van der Waals surface area contributed by atoms with Crippen LogP contribution in [-0.4, -0.2) is 19.5 Å². The molecule has 0 aromatic heterocycles. The van der Waals surface area contributed by atoms with Crippen molar-refractivity contribution in [3.63, 3.8) is 0 Å². The maximum atomic E-state index is 13.4. The first-order valence-electron chi connectivity index (χ1n) is 8.15. The fraction of sp³-hybridized carbons (Fsp3) is 0.0500. The molecule has 0 radical (unpaired) electrons. The lowest BCUT2D eigenvalue weighted by atomic mass is 10.1. The first-order valence-corrected chi connectivity index (χ1v) is 10.3. The molecule has 144 valence electrons. The maximum Gasteiger partial charge on any atom is 0.337 e. The van der Waals surface area contributed by atoms with Crippen molar-refractivity contribution in [2.75, 3.05) is 4.31 Å². The molecule has 0 atom stereocenters. The summed E-state index contributed by atoms with van der Waals surface area (Å²) in [5.41, 5.74) is 0.405. The maximum absolute atomic E-state index is 13.4. The lowest BCUT2D eigenvalue weighted by Crippen LogP contribution is -2.32. The molecule has 28 heavy (non-hydrogen) atoms. The van der Waals surface area contributed by atoms with Gasteiger partial charge in [-0.1, -0.05) is 59.6 Å². The molecule has 0 aliphatic heterocycles. The number of carboxylic acids is 1. The molecule has 0 aliphatic rings. The van der Waals surface area contributed by atoms with Crippen LogP contribution in [0.25, 0.3) is 0 Å². The van der Waals surface area contributed by atoms with Gasteiger partial charge in [0.2, 0.25) is 0 Å².